The van der Waals surface area contributed by atoms with E-state index in [-0.39, 0.29) is 16.7 Å². The van der Waals surface area contributed by atoms with Gasteiger partial charge in [0.15, 0.2) is 5.71 Å². The summed E-state index contributed by atoms with van der Waals surface area (Å²) in [7, 11) is -2.91. The first-order valence-corrected chi connectivity index (χ1v) is 20.1. The molecule has 0 bridgehead atoms. The van der Waals surface area contributed by atoms with E-state index in [9.17, 15) is 17.8 Å². The van der Waals surface area contributed by atoms with Crippen LogP contribution in [0.15, 0.2) is 120 Å². The van der Waals surface area contributed by atoms with Crippen LogP contribution >= 0.6 is 0 Å². The van der Waals surface area contributed by atoms with Gasteiger partial charge in [0.2, 0.25) is 5.69 Å². The van der Waals surface area contributed by atoms with E-state index in [2.05, 4.69) is 91.8 Å². The van der Waals surface area contributed by atoms with Crippen molar-refractivity contribution in [3.05, 3.63) is 126 Å². The summed E-state index contributed by atoms with van der Waals surface area (Å²) < 4.78 is 44.5. The second kappa shape index (κ2) is 15.9. The molecule has 0 aliphatic carbocycles. The Morgan fingerprint density at radius 1 is 0.870 bits per heavy atom. The third kappa shape index (κ3) is 7.32. The Morgan fingerprint density at radius 3 is 2.35 bits per heavy atom. The van der Waals surface area contributed by atoms with E-state index in [1.165, 1.54) is 33.8 Å². The number of fused-ring (bicyclic) bond motifs is 6. The first-order chi connectivity index (χ1) is 25.8. The molecule has 2 aliphatic rings. The van der Waals surface area contributed by atoms with Crippen LogP contribution in [-0.2, 0) is 30.5 Å². The number of methoxy groups -OCH3 is 1. The molecule has 1 unspecified atom stereocenters. The summed E-state index contributed by atoms with van der Waals surface area (Å²) in [4.78, 5) is 13.1. The number of unbranched alkanes of at least 4 members (excludes halogenated alkanes) is 2. The molecule has 1 atom stereocenters. The second-order valence-corrected chi connectivity index (χ2v) is 16.2. The molecular weight excluding hydrogens is 697 g/mol. The largest absolute Gasteiger partial charge is 0.744 e. The minimum Gasteiger partial charge on any atom is -0.744 e. The van der Waals surface area contributed by atoms with Gasteiger partial charge in [-0.2, -0.15) is 4.58 Å². The molecule has 6 rings (SSSR count). The molecule has 4 aromatic carbocycles. The zero-order valence-electron chi connectivity index (χ0n) is 31.8. The number of rotatable bonds is 15. The molecule has 282 valence electrons. The number of carboxylic acid groups (broad SMARTS) is 1. The molecule has 8 nitrogen and oxygen atoms in total. The fourth-order valence-electron chi connectivity index (χ4n) is 8.55. The van der Waals surface area contributed by atoms with Crippen LogP contribution in [0, 0.1) is 0 Å². The van der Waals surface area contributed by atoms with E-state index in [0.717, 1.165) is 48.1 Å². The molecule has 2 aliphatic heterocycles. The van der Waals surface area contributed by atoms with Gasteiger partial charge in [-0.3, -0.25) is 4.79 Å². The van der Waals surface area contributed by atoms with Crippen LogP contribution in [0.2, 0.25) is 0 Å². The highest BCUT2D eigenvalue weighted by Crippen LogP contribution is 2.51. The SMILES string of the molecule is CC[N+]1=C(/C=C/C=C/C=C/C=C2/N(CCCCCC(=O)O)c3ccc4c(S(=O)(=O)[O-])cccc4c3C2(C)C)C(C)(CCOC)c2c1ccc1ccccc21. The summed E-state index contributed by atoms with van der Waals surface area (Å²) in [5.74, 6) is -0.796. The lowest BCUT2D eigenvalue weighted by Gasteiger charge is -2.27. The molecule has 4 aromatic rings. The zero-order valence-corrected chi connectivity index (χ0v) is 32.7. The van der Waals surface area contributed by atoms with Crippen molar-refractivity contribution < 1.29 is 32.2 Å². The van der Waals surface area contributed by atoms with E-state index >= 15 is 0 Å². The third-order valence-corrected chi connectivity index (χ3v) is 12.0. The van der Waals surface area contributed by atoms with Gasteiger partial charge in [0.25, 0.3) is 0 Å². The monoisotopic (exact) mass is 746 g/mol. The maximum absolute atomic E-state index is 12.2. The van der Waals surface area contributed by atoms with Crippen molar-refractivity contribution >= 4 is 54.7 Å². The van der Waals surface area contributed by atoms with Crippen molar-refractivity contribution in [3.63, 3.8) is 0 Å². The molecule has 0 amide bonds. The number of benzene rings is 4. The Kier molecular flexibility index (Phi) is 11.4. The van der Waals surface area contributed by atoms with Crippen molar-refractivity contribution in [2.24, 2.45) is 0 Å². The molecule has 0 spiro atoms. The van der Waals surface area contributed by atoms with Gasteiger partial charge in [0.05, 0.1) is 10.3 Å². The number of carboxylic acids is 1. The Labute approximate surface area is 319 Å². The Morgan fingerprint density at radius 2 is 1.61 bits per heavy atom. The molecule has 0 aromatic heterocycles. The van der Waals surface area contributed by atoms with E-state index in [4.69, 9.17) is 9.84 Å². The van der Waals surface area contributed by atoms with Gasteiger partial charge in [-0.15, -0.1) is 0 Å². The minimum atomic E-state index is -4.67. The van der Waals surface area contributed by atoms with Crippen LogP contribution in [0.5, 0.6) is 0 Å². The molecule has 0 saturated carbocycles. The summed E-state index contributed by atoms with van der Waals surface area (Å²) in [6.07, 6.45) is 17.6. The minimum absolute atomic E-state index is 0.136. The molecule has 0 fully saturated rings. The molecular formula is C45H50N2O6S. The van der Waals surface area contributed by atoms with Crippen LogP contribution in [-0.4, -0.2) is 61.1 Å². The third-order valence-electron chi connectivity index (χ3n) is 11.1. The summed E-state index contributed by atoms with van der Waals surface area (Å²) in [6, 6.07) is 21.6. The highest BCUT2D eigenvalue weighted by Gasteiger charge is 2.48. The van der Waals surface area contributed by atoms with E-state index < -0.39 is 21.5 Å². The Balaban J connectivity index is 1.29. The zero-order chi connectivity index (χ0) is 38.7. The van der Waals surface area contributed by atoms with Crippen molar-refractivity contribution in [2.75, 3.05) is 31.7 Å². The fourth-order valence-corrected chi connectivity index (χ4v) is 9.25. The predicted molar refractivity (Wildman–Crippen MR) is 217 cm³/mol. The normalized spacial score (nSPS) is 19.1. The topological polar surface area (TPSA) is 110 Å². The Bertz CT molecular complexity index is 2350. The van der Waals surface area contributed by atoms with E-state index in [1.54, 1.807) is 19.2 Å². The smallest absolute Gasteiger partial charge is 0.303 e. The molecule has 54 heavy (non-hydrogen) atoms. The second-order valence-electron chi connectivity index (χ2n) is 14.8. The molecule has 0 radical (unpaired) electrons. The number of hydrogen-bond donors (Lipinski definition) is 1. The lowest BCUT2D eigenvalue weighted by atomic mass is 9.75. The van der Waals surface area contributed by atoms with Crippen LogP contribution in [0.25, 0.3) is 21.5 Å². The first kappa shape index (κ1) is 38.9. The number of carbonyl (C=O) groups is 1. The van der Waals surface area contributed by atoms with Crippen molar-refractivity contribution in [1.29, 1.82) is 0 Å². The highest BCUT2D eigenvalue weighted by atomic mass is 32.2. The van der Waals surface area contributed by atoms with E-state index in [0.29, 0.717) is 25.0 Å². The number of nitrogens with zero attached hydrogens (tertiary/aromatic N) is 2. The Hall–Kier alpha value is -4.83. The van der Waals surface area contributed by atoms with E-state index in [1.807, 2.05) is 36.4 Å². The summed E-state index contributed by atoms with van der Waals surface area (Å²) >= 11 is 0. The fraction of sp³-hybridized carbons (Fsp3) is 0.333. The maximum Gasteiger partial charge on any atom is 0.303 e. The summed E-state index contributed by atoms with van der Waals surface area (Å²) in [6.45, 7) is 10.9. The predicted octanol–water partition coefficient (Wildman–Crippen LogP) is 9.31. The number of ether oxygens (including phenoxy) is 1. The van der Waals surface area contributed by atoms with Gasteiger partial charge in [-0.05, 0) is 84.5 Å². The van der Waals surface area contributed by atoms with Crippen LogP contribution in [0.4, 0.5) is 11.4 Å². The van der Waals surface area contributed by atoms with Crippen molar-refractivity contribution in [1.82, 2.24) is 0 Å². The lowest BCUT2D eigenvalue weighted by molar-refractivity contribution is -0.433. The molecule has 1 N–H and O–H groups in total. The van der Waals surface area contributed by atoms with Crippen LogP contribution in [0.3, 0.4) is 0 Å². The van der Waals surface area contributed by atoms with Crippen LogP contribution < -0.4 is 4.90 Å². The summed E-state index contributed by atoms with van der Waals surface area (Å²) in [5.41, 5.74) is 6.07. The van der Waals surface area contributed by atoms with Crippen molar-refractivity contribution in [3.8, 4) is 0 Å². The number of allylic oxidation sites excluding steroid dienone is 8. The number of aliphatic carboxylic acids is 1. The van der Waals surface area contributed by atoms with Gasteiger partial charge in [0, 0.05) is 61.2 Å². The van der Waals surface area contributed by atoms with Gasteiger partial charge in [-0.1, -0.05) is 93.1 Å². The summed E-state index contributed by atoms with van der Waals surface area (Å²) in [5, 5.41) is 12.8. The molecule has 2 heterocycles. The van der Waals surface area contributed by atoms with Gasteiger partial charge >= 0.3 is 5.97 Å². The van der Waals surface area contributed by atoms with Gasteiger partial charge < -0.3 is 19.3 Å². The van der Waals surface area contributed by atoms with Gasteiger partial charge in [-0.25, -0.2) is 8.42 Å². The van der Waals surface area contributed by atoms with Gasteiger partial charge in [0.1, 0.15) is 16.7 Å². The molecule has 9 heteroatoms. The first-order valence-electron chi connectivity index (χ1n) is 18.7. The number of hydrogen-bond acceptors (Lipinski definition) is 6. The average Bonchev–Trinajstić information content (AvgIpc) is 3.52. The standard InChI is InChI=1S/C45H50N2O6S/c1-6-46-37-27-25-32-18-14-15-19-33(32)43(37)45(4,29-31-53-5)40(46)23-12-9-7-8-11-22-39-44(2,3)42-35-20-17-21-38(54(50,51)52)34(35)26-28-36(42)47(39)30-16-10-13-24-41(48)49/h7-9,11-12,14-15,17-23,25-28H,6,10,13,16,24,29-31H2,1-5H3,(H-,48,49,50,51,52). The number of anilines is 1. The lowest BCUT2D eigenvalue weighted by Crippen LogP contribution is -2.32. The van der Waals surface area contributed by atoms with Crippen LogP contribution in [0.1, 0.15) is 70.9 Å². The quantitative estimate of drug-likeness (QED) is 0.0559. The molecule has 0 saturated heterocycles. The highest BCUT2D eigenvalue weighted by molar-refractivity contribution is 7.86. The van der Waals surface area contributed by atoms with Crippen molar-refractivity contribution in [2.45, 2.75) is 75.5 Å². The average molecular weight is 747 g/mol. The maximum atomic E-state index is 12.2.